The number of amides is 2. The van der Waals surface area contributed by atoms with Crippen LogP contribution in [0, 0.1) is 23.6 Å². The Morgan fingerprint density at radius 3 is 2.02 bits per heavy atom. The molecular formula is C36H48FN3O4S. The second kappa shape index (κ2) is 13.0. The first kappa shape index (κ1) is 32.0. The van der Waals surface area contributed by atoms with Crippen molar-refractivity contribution in [3.05, 3.63) is 65.5 Å². The van der Waals surface area contributed by atoms with Crippen LogP contribution in [0.4, 0.5) is 10.1 Å². The molecule has 2 aromatic rings. The van der Waals surface area contributed by atoms with Crippen molar-refractivity contribution in [1.29, 1.82) is 0 Å². The first-order valence-electron chi connectivity index (χ1n) is 17.0. The van der Waals surface area contributed by atoms with Gasteiger partial charge in [-0.15, -0.1) is 0 Å². The van der Waals surface area contributed by atoms with Gasteiger partial charge in [0.2, 0.25) is 21.8 Å². The van der Waals surface area contributed by atoms with Crippen molar-refractivity contribution < 1.29 is 22.4 Å². The van der Waals surface area contributed by atoms with Gasteiger partial charge in [-0.05, 0) is 116 Å². The molecule has 0 aliphatic heterocycles. The molecule has 7 rings (SSSR count). The molecule has 5 aliphatic rings. The fraction of sp³-hybridized carbons (Fsp3) is 0.611. The fourth-order valence-electron chi connectivity index (χ4n) is 9.31. The van der Waals surface area contributed by atoms with Crippen LogP contribution in [-0.4, -0.2) is 50.0 Å². The van der Waals surface area contributed by atoms with Crippen molar-refractivity contribution in [2.45, 2.75) is 108 Å². The molecule has 45 heavy (non-hydrogen) atoms. The first-order chi connectivity index (χ1) is 21.5. The molecule has 2 aromatic carbocycles. The highest BCUT2D eigenvalue weighted by Crippen LogP contribution is 2.60. The summed E-state index contributed by atoms with van der Waals surface area (Å²) in [5.74, 6) is 1.31. The zero-order valence-corrected chi connectivity index (χ0v) is 27.5. The maximum Gasteiger partial charge on any atom is 0.244 e. The van der Waals surface area contributed by atoms with Crippen LogP contribution in [0.5, 0.6) is 0 Å². The van der Waals surface area contributed by atoms with Crippen molar-refractivity contribution in [3.8, 4) is 0 Å². The van der Waals surface area contributed by atoms with Gasteiger partial charge in [0, 0.05) is 12.6 Å². The number of halogens is 1. The summed E-state index contributed by atoms with van der Waals surface area (Å²) >= 11 is 0. The van der Waals surface area contributed by atoms with Crippen molar-refractivity contribution in [2.75, 3.05) is 17.1 Å². The molecule has 7 nitrogen and oxygen atoms in total. The van der Waals surface area contributed by atoms with E-state index in [-0.39, 0.29) is 29.7 Å². The van der Waals surface area contributed by atoms with Crippen LogP contribution in [0.3, 0.4) is 0 Å². The second-order valence-electron chi connectivity index (χ2n) is 14.4. The van der Waals surface area contributed by atoms with Crippen molar-refractivity contribution >= 4 is 27.5 Å². The summed E-state index contributed by atoms with van der Waals surface area (Å²) < 4.78 is 41.2. The number of hydrogen-bond acceptors (Lipinski definition) is 4. The third-order valence-electron chi connectivity index (χ3n) is 11.1. The molecule has 0 heterocycles. The fourth-order valence-corrected chi connectivity index (χ4v) is 10.2. The van der Waals surface area contributed by atoms with Crippen LogP contribution in [0.15, 0.2) is 48.5 Å². The summed E-state index contributed by atoms with van der Waals surface area (Å²) in [5, 5.41) is 3.15. The maximum absolute atomic E-state index is 14.1. The molecule has 0 unspecified atom stereocenters. The summed E-state index contributed by atoms with van der Waals surface area (Å²) in [5.41, 5.74) is 2.58. The highest BCUT2D eigenvalue weighted by molar-refractivity contribution is 7.92. The minimum atomic E-state index is -3.82. The van der Waals surface area contributed by atoms with E-state index in [0.29, 0.717) is 17.7 Å². The average Bonchev–Trinajstić information content (AvgIpc) is 3.00. The summed E-state index contributed by atoms with van der Waals surface area (Å²) in [6.45, 7) is 1.50. The zero-order valence-electron chi connectivity index (χ0n) is 26.7. The number of sulfonamides is 1. The predicted molar refractivity (Wildman–Crippen MR) is 175 cm³/mol. The molecule has 5 aliphatic carbocycles. The van der Waals surface area contributed by atoms with Gasteiger partial charge < -0.3 is 10.2 Å². The highest BCUT2D eigenvalue weighted by Gasteiger charge is 2.51. The lowest BCUT2D eigenvalue weighted by Gasteiger charge is -2.57. The van der Waals surface area contributed by atoms with Gasteiger partial charge in [0.15, 0.2) is 0 Å². The normalized spacial score (nSPS) is 26.8. The van der Waals surface area contributed by atoms with Gasteiger partial charge in [0.1, 0.15) is 18.4 Å². The van der Waals surface area contributed by atoms with E-state index >= 15 is 0 Å². The Morgan fingerprint density at radius 1 is 0.911 bits per heavy atom. The van der Waals surface area contributed by atoms with Crippen LogP contribution >= 0.6 is 0 Å². The Labute approximate surface area is 268 Å². The van der Waals surface area contributed by atoms with Crippen molar-refractivity contribution in [1.82, 2.24) is 10.2 Å². The number of benzene rings is 2. The number of nitrogens with zero attached hydrogens (tertiary/aromatic N) is 2. The summed E-state index contributed by atoms with van der Waals surface area (Å²) in [7, 11) is -3.82. The van der Waals surface area contributed by atoms with Crippen LogP contribution in [0.25, 0.3) is 0 Å². The minimum absolute atomic E-state index is 0.0677. The number of nitrogens with one attached hydrogen (secondary N) is 1. The van der Waals surface area contributed by atoms with E-state index in [0.717, 1.165) is 60.4 Å². The molecule has 0 spiro atoms. The lowest BCUT2D eigenvalue weighted by atomic mass is 9.48. The molecule has 1 N–H and O–H groups in total. The third-order valence-corrected chi connectivity index (χ3v) is 12.2. The van der Waals surface area contributed by atoms with Crippen LogP contribution in [0.1, 0.15) is 95.1 Å². The number of hydrogen-bond donors (Lipinski definition) is 1. The molecule has 0 radical (unpaired) electrons. The standard InChI is InChI=1S/C36H48FN3O4S/c1-3-33(35(42)38-31-7-5-4-6-8-31)39(23-25-9-13-30(37)14-10-25)34(41)24-40(45(2,43)44)32-15-11-29(12-16-32)36-20-26-17-27(21-36)19-28(18-26)22-36/h9-16,26-28,31,33H,3-8,17-24H2,1-2H3,(H,38,42)/t26?,27?,28?,33-,36?/m0/s1. The largest absolute Gasteiger partial charge is 0.352 e. The predicted octanol–water partition coefficient (Wildman–Crippen LogP) is 6.32. The molecule has 5 fully saturated rings. The zero-order chi connectivity index (χ0) is 31.8. The van der Waals surface area contributed by atoms with E-state index < -0.39 is 28.5 Å². The van der Waals surface area contributed by atoms with E-state index in [9.17, 15) is 22.4 Å². The van der Waals surface area contributed by atoms with Crippen molar-refractivity contribution in [2.24, 2.45) is 17.8 Å². The number of carbonyl (C=O) groups excluding carboxylic acids is 2. The second-order valence-corrected chi connectivity index (χ2v) is 16.3. The van der Waals surface area contributed by atoms with E-state index in [1.807, 2.05) is 19.1 Å². The highest BCUT2D eigenvalue weighted by atomic mass is 32.2. The molecule has 9 heteroatoms. The quantitative estimate of drug-likeness (QED) is 0.313. The average molecular weight is 638 g/mol. The van der Waals surface area contributed by atoms with Gasteiger partial charge in [-0.25, -0.2) is 12.8 Å². The molecular weight excluding hydrogens is 589 g/mol. The van der Waals surface area contributed by atoms with Crippen LogP contribution in [0.2, 0.25) is 0 Å². The molecule has 4 bridgehead atoms. The molecule has 0 aromatic heterocycles. The lowest BCUT2D eigenvalue weighted by Crippen LogP contribution is -2.54. The Bertz CT molecular complexity index is 1440. The van der Waals surface area contributed by atoms with E-state index in [4.69, 9.17) is 0 Å². The van der Waals surface area contributed by atoms with Gasteiger partial charge in [-0.3, -0.25) is 13.9 Å². The van der Waals surface area contributed by atoms with Crippen LogP contribution in [-0.2, 0) is 31.6 Å². The van der Waals surface area contributed by atoms with Gasteiger partial charge in [0.25, 0.3) is 0 Å². The Kier molecular flexibility index (Phi) is 9.28. The summed E-state index contributed by atoms with van der Waals surface area (Å²) in [4.78, 5) is 29.2. The Hall–Kier alpha value is -2.94. The molecule has 0 saturated heterocycles. The lowest BCUT2D eigenvalue weighted by molar-refractivity contribution is -0.140. The number of carbonyl (C=O) groups is 2. The topological polar surface area (TPSA) is 86.8 Å². The van der Waals surface area contributed by atoms with E-state index in [1.165, 1.54) is 61.1 Å². The van der Waals surface area contributed by atoms with E-state index in [1.54, 1.807) is 12.1 Å². The molecule has 5 saturated carbocycles. The van der Waals surface area contributed by atoms with Crippen molar-refractivity contribution in [3.63, 3.8) is 0 Å². The molecule has 2 amide bonds. The number of rotatable bonds is 11. The van der Waals surface area contributed by atoms with Gasteiger partial charge in [0.05, 0.1) is 11.9 Å². The van der Waals surface area contributed by atoms with E-state index in [2.05, 4.69) is 17.4 Å². The summed E-state index contributed by atoms with van der Waals surface area (Å²) in [6.07, 6.45) is 14.3. The van der Waals surface area contributed by atoms with Gasteiger partial charge in [-0.1, -0.05) is 50.5 Å². The van der Waals surface area contributed by atoms with Crippen LogP contribution < -0.4 is 9.62 Å². The van der Waals surface area contributed by atoms with Gasteiger partial charge >= 0.3 is 0 Å². The Balaban J connectivity index is 1.24. The first-order valence-corrected chi connectivity index (χ1v) is 18.8. The number of anilines is 1. The maximum atomic E-state index is 14.1. The summed E-state index contributed by atoms with van der Waals surface area (Å²) in [6, 6.07) is 13.0. The minimum Gasteiger partial charge on any atom is -0.352 e. The Morgan fingerprint density at radius 2 is 1.49 bits per heavy atom. The van der Waals surface area contributed by atoms with Gasteiger partial charge in [-0.2, -0.15) is 0 Å². The monoisotopic (exact) mass is 637 g/mol. The molecule has 244 valence electrons. The smallest absolute Gasteiger partial charge is 0.244 e. The SMILES string of the molecule is CC[C@@H](C(=O)NC1CCCCC1)N(Cc1ccc(F)cc1)C(=O)CN(c1ccc(C23CC4CC(CC(C4)C2)C3)cc1)S(C)(=O)=O. The third kappa shape index (κ3) is 7.08. The molecule has 1 atom stereocenters.